The van der Waals surface area contributed by atoms with Crippen LogP contribution in [-0.2, 0) is 12.9 Å². The van der Waals surface area contributed by atoms with Crippen LogP contribution >= 0.6 is 11.6 Å². The second kappa shape index (κ2) is 4.91. The Morgan fingerprint density at radius 2 is 2.05 bits per heavy atom. The first-order valence-corrected chi connectivity index (χ1v) is 7.50. The highest BCUT2D eigenvalue weighted by Gasteiger charge is 2.23. The fourth-order valence-electron chi connectivity index (χ4n) is 3.05. The number of fused-ring (bicyclic) bond motifs is 1. The molecule has 0 radical (unpaired) electrons. The molecule has 0 saturated carbocycles. The normalized spacial score (nSPS) is 13.2. The molecule has 0 amide bonds. The lowest BCUT2D eigenvalue weighted by Crippen LogP contribution is -2.12. The monoisotopic (exact) mass is 306 g/mol. The van der Waals surface area contributed by atoms with Crippen LogP contribution in [0.3, 0.4) is 0 Å². The molecule has 1 atom stereocenters. The lowest BCUT2D eigenvalue weighted by Gasteiger charge is -2.16. The van der Waals surface area contributed by atoms with Crippen molar-refractivity contribution in [3.63, 3.8) is 0 Å². The van der Waals surface area contributed by atoms with Gasteiger partial charge in [0.05, 0.1) is 17.6 Å². The van der Waals surface area contributed by atoms with E-state index in [9.17, 15) is 0 Å². The van der Waals surface area contributed by atoms with Crippen molar-refractivity contribution in [3.8, 4) is 0 Å². The van der Waals surface area contributed by atoms with E-state index >= 15 is 0 Å². The van der Waals surface area contributed by atoms with Gasteiger partial charge >= 0.3 is 0 Å². The molecule has 3 rings (SSSR count). The number of hydrogen-bond acceptors (Lipinski definition) is 3. The van der Waals surface area contributed by atoms with Crippen LogP contribution in [0.15, 0.2) is 10.5 Å². The Bertz CT molecular complexity index is 811. The Hall–Kier alpha value is -1.75. The van der Waals surface area contributed by atoms with Gasteiger partial charge in [0.1, 0.15) is 22.9 Å². The van der Waals surface area contributed by atoms with E-state index in [2.05, 4.69) is 27.6 Å². The minimum Gasteiger partial charge on any atom is -0.466 e. The first-order valence-electron chi connectivity index (χ1n) is 6.97. The number of nitrogens with zero attached hydrogens (tertiary/aromatic N) is 4. The molecular formula is C15H19ClN4O. The number of alkyl halides is 1. The minimum absolute atomic E-state index is 0.0935. The van der Waals surface area contributed by atoms with E-state index in [0.717, 1.165) is 39.8 Å². The third kappa shape index (κ3) is 2.07. The molecule has 0 aliphatic heterocycles. The van der Waals surface area contributed by atoms with E-state index in [-0.39, 0.29) is 6.04 Å². The molecule has 0 aliphatic carbocycles. The van der Waals surface area contributed by atoms with Gasteiger partial charge in [0, 0.05) is 12.6 Å². The molecular weight excluding hydrogens is 288 g/mol. The quantitative estimate of drug-likeness (QED) is 0.694. The Balaban J connectivity index is 2.25. The molecule has 112 valence electrons. The molecule has 3 aromatic heterocycles. The molecule has 0 fully saturated rings. The Morgan fingerprint density at radius 1 is 1.33 bits per heavy atom. The molecule has 0 spiro atoms. The van der Waals surface area contributed by atoms with Gasteiger partial charge in [-0.2, -0.15) is 5.10 Å². The van der Waals surface area contributed by atoms with E-state index in [0.29, 0.717) is 5.88 Å². The van der Waals surface area contributed by atoms with Crippen LogP contribution in [0.4, 0.5) is 0 Å². The highest BCUT2D eigenvalue weighted by atomic mass is 35.5. The first kappa shape index (κ1) is 14.2. The van der Waals surface area contributed by atoms with E-state index in [1.807, 2.05) is 32.5 Å². The van der Waals surface area contributed by atoms with Gasteiger partial charge in [0.25, 0.3) is 0 Å². The summed E-state index contributed by atoms with van der Waals surface area (Å²) in [5.74, 6) is 3.07. The minimum atomic E-state index is 0.0935. The largest absolute Gasteiger partial charge is 0.466 e. The van der Waals surface area contributed by atoms with E-state index in [1.165, 1.54) is 0 Å². The van der Waals surface area contributed by atoms with Crippen LogP contribution < -0.4 is 0 Å². The second-order valence-corrected chi connectivity index (χ2v) is 5.72. The number of imidazole rings is 1. The fourth-order valence-corrected chi connectivity index (χ4v) is 3.23. The van der Waals surface area contributed by atoms with Gasteiger partial charge in [-0.3, -0.25) is 4.68 Å². The molecule has 0 saturated heterocycles. The Labute approximate surface area is 128 Å². The standard InChI is InChI=1S/C15H19ClN4O/c1-8-6-12(11(4)21-8)10(3)20-13(7-16)17-14-9(2)18-19(5)15(14)20/h6,10H,7H2,1-5H3. The lowest BCUT2D eigenvalue weighted by molar-refractivity contribution is 0.493. The van der Waals surface area contributed by atoms with Gasteiger partial charge in [-0.15, -0.1) is 11.6 Å². The SMILES string of the molecule is Cc1cc(C(C)n2c(CCl)nc3c(C)nn(C)c32)c(C)o1. The van der Waals surface area contributed by atoms with Crippen molar-refractivity contribution in [1.82, 2.24) is 19.3 Å². The van der Waals surface area contributed by atoms with E-state index < -0.39 is 0 Å². The number of aryl methyl sites for hydroxylation is 4. The second-order valence-electron chi connectivity index (χ2n) is 5.46. The maximum Gasteiger partial charge on any atom is 0.159 e. The van der Waals surface area contributed by atoms with Crippen molar-refractivity contribution in [2.24, 2.45) is 7.05 Å². The van der Waals surface area contributed by atoms with Crippen LogP contribution in [-0.4, -0.2) is 19.3 Å². The number of aromatic nitrogens is 4. The van der Waals surface area contributed by atoms with Gasteiger partial charge in [0.15, 0.2) is 5.65 Å². The smallest absolute Gasteiger partial charge is 0.159 e. The van der Waals surface area contributed by atoms with E-state index in [1.54, 1.807) is 0 Å². The topological polar surface area (TPSA) is 48.8 Å². The van der Waals surface area contributed by atoms with Gasteiger partial charge < -0.3 is 8.98 Å². The average Bonchev–Trinajstić information content (AvgIpc) is 3.04. The summed E-state index contributed by atoms with van der Waals surface area (Å²) in [5, 5.41) is 4.46. The molecule has 1 unspecified atom stereocenters. The third-order valence-corrected chi connectivity index (χ3v) is 4.18. The number of hydrogen-bond donors (Lipinski definition) is 0. The molecule has 0 aromatic carbocycles. The molecule has 0 bridgehead atoms. The molecule has 6 heteroatoms. The maximum absolute atomic E-state index is 6.11. The van der Waals surface area contributed by atoms with Gasteiger partial charge in [-0.05, 0) is 33.8 Å². The highest BCUT2D eigenvalue weighted by molar-refractivity contribution is 6.16. The summed E-state index contributed by atoms with van der Waals surface area (Å²) >= 11 is 6.11. The zero-order valence-electron chi connectivity index (χ0n) is 12.9. The summed E-state index contributed by atoms with van der Waals surface area (Å²) < 4.78 is 9.69. The first-order chi connectivity index (χ1) is 9.93. The lowest BCUT2D eigenvalue weighted by atomic mass is 10.1. The van der Waals surface area contributed by atoms with Gasteiger partial charge in [-0.25, -0.2) is 4.98 Å². The highest BCUT2D eigenvalue weighted by Crippen LogP contribution is 2.30. The summed E-state index contributed by atoms with van der Waals surface area (Å²) in [7, 11) is 1.94. The van der Waals surface area contributed by atoms with Gasteiger partial charge in [-0.1, -0.05) is 0 Å². The van der Waals surface area contributed by atoms with Crippen molar-refractivity contribution in [1.29, 1.82) is 0 Å². The molecule has 0 aliphatic rings. The van der Waals surface area contributed by atoms with Crippen LogP contribution in [0.5, 0.6) is 0 Å². The number of rotatable bonds is 3. The summed E-state index contributed by atoms with van der Waals surface area (Å²) in [4.78, 5) is 4.65. The zero-order valence-corrected chi connectivity index (χ0v) is 13.7. The van der Waals surface area contributed by atoms with E-state index in [4.69, 9.17) is 16.0 Å². The molecule has 21 heavy (non-hydrogen) atoms. The van der Waals surface area contributed by atoms with Crippen molar-refractivity contribution in [2.75, 3.05) is 0 Å². The third-order valence-electron chi connectivity index (χ3n) is 3.94. The maximum atomic E-state index is 6.11. The molecule has 0 N–H and O–H groups in total. The molecule has 3 aromatic rings. The predicted octanol–water partition coefficient (Wildman–Crippen LogP) is 3.64. The number of furan rings is 1. The van der Waals surface area contributed by atoms with Crippen molar-refractivity contribution in [3.05, 3.63) is 34.7 Å². The van der Waals surface area contributed by atoms with Crippen molar-refractivity contribution < 1.29 is 4.42 Å². The van der Waals surface area contributed by atoms with Crippen LogP contribution in [0.2, 0.25) is 0 Å². The average molecular weight is 307 g/mol. The molecule has 5 nitrogen and oxygen atoms in total. The summed E-state index contributed by atoms with van der Waals surface area (Å²) in [6.07, 6.45) is 0. The van der Waals surface area contributed by atoms with Crippen LogP contribution in [0, 0.1) is 20.8 Å². The fraction of sp³-hybridized carbons (Fsp3) is 0.467. The summed E-state index contributed by atoms with van der Waals surface area (Å²) in [5.41, 5.74) is 3.98. The Kier molecular flexibility index (Phi) is 3.32. The van der Waals surface area contributed by atoms with Crippen molar-refractivity contribution >= 4 is 22.8 Å². The Morgan fingerprint density at radius 3 is 2.62 bits per heavy atom. The predicted molar refractivity (Wildman–Crippen MR) is 82.8 cm³/mol. The van der Waals surface area contributed by atoms with Gasteiger partial charge in [0.2, 0.25) is 0 Å². The zero-order chi connectivity index (χ0) is 15.3. The summed E-state index contributed by atoms with van der Waals surface area (Å²) in [6.45, 7) is 8.05. The number of halogens is 1. The molecule has 3 heterocycles. The summed E-state index contributed by atoms with van der Waals surface area (Å²) in [6, 6.07) is 2.17. The van der Waals surface area contributed by atoms with Crippen LogP contribution in [0.25, 0.3) is 11.2 Å². The van der Waals surface area contributed by atoms with Crippen LogP contribution in [0.1, 0.15) is 41.6 Å². The van der Waals surface area contributed by atoms with Crippen molar-refractivity contribution in [2.45, 2.75) is 39.6 Å².